The van der Waals surface area contributed by atoms with Gasteiger partial charge in [0, 0.05) is 11.8 Å². The van der Waals surface area contributed by atoms with Crippen molar-refractivity contribution < 1.29 is 4.74 Å². The number of ether oxygens (including phenoxy) is 1. The molecule has 0 aliphatic carbocycles. The molecule has 4 nitrogen and oxygen atoms in total. The van der Waals surface area contributed by atoms with E-state index in [0.29, 0.717) is 21.5 Å². The third-order valence-corrected chi connectivity index (χ3v) is 2.26. The van der Waals surface area contributed by atoms with Crippen LogP contribution in [-0.2, 0) is 0 Å². The molecule has 1 aromatic carbocycles. The number of benzene rings is 1. The highest BCUT2D eigenvalue weighted by molar-refractivity contribution is 6.32. The van der Waals surface area contributed by atoms with Crippen molar-refractivity contribution in [3.63, 3.8) is 0 Å². The molecule has 0 unspecified atom stereocenters. The summed E-state index contributed by atoms with van der Waals surface area (Å²) in [5.41, 5.74) is 6.15. The molecule has 82 valence electrons. The van der Waals surface area contributed by atoms with Crippen LogP contribution in [0.4, 0.5) is 5.69 Å². The van der Waals surface area contributed by atoms with Crippen molar-refractivity contribution >= 4 is 28.9 Å². The summed E-state index contributed by atoms with van der Waals surface area (Å²) in [5, 5.41) is 0.874. The Kier molecular flexibility index (Phi) is 3.12. The Hall–Kier alpha value is -1.52. The first-order chi connectivity index (χ1) is 7.65. The van der Waals surface area contributed by atoms with Crippen molar-refractivity contribution in [1.82, 2.24) is 9.97 Å². The maximum atomic E-state index is 5.92. The quantitative estimate of drug-likeness (QED) is 0.838. The fraction of sp³-hybridized carbons (Fsp3) is 0. The van der Waals surface area contributed by atoms with Crippen molar-refractivity contribution in [3.05, 3.63) is 40.6 Å². The lowest BCUT2D eigenvalue weighted by molar-refractivity contribution is 0.442. The third kappa shape index (κ3) is 2.53. The van der Waals surface area contributed by atoms with Crippen LogP contribution in [0.1, 0.15) is 0 Å². The molecule has 6 heteroatoms. The molecular formula is C10H7Cl2N3O. The normalized spacial score (nSPS) is 10.1. The summed E-state index contributed by atoms with van der Waals surface area (Å²) in [4.78, 5) is 7.76. The smallest absolute Gasteiger partial charge is 0.322 e. The van der Waals surface area contributed by atoms with E-state index in [1.165, 1.54) is 12.4 Å². The summed E-state index contributed by atoms with van der Waals surface area (Å²) in [5.74, 6) is 0.406. The minimum Gasteiger partial charge on any atom is -0.423 e. The van der Waals surface area contributed by atoms with Crippen molar-refractivity contribution in [2.75, 3.05) is 5.73 Å². The molecule has 0 fully saturated rings. The Labute approximate surface area is 102 Å². The van der Waals surface area contributed by atoms with Crippen LogP contribution in [0, 0.1) is 0 Å². The zero-order chi connectivity index (χ0) is 11.5. The van der Waals surface area contributed by atoms with Crippen molar-refractivity contribution in [3.8, 4) is 11.8 Å². The average molecular weight is 256 g/mol. The highest BCUT2D eigenvalue weighted by Crippen LogP contribution is 2.29. The van der Waals surface area contributed by atoms with E-state index in [-0.39, 0.29) is 6.01 Å². The van der Waals surface area contributed by atoms with Gasteiger partial charge in [0.25, 0.3) is 0 Å². The summed E-state index contributed by atoms with van der Waals surface area (Å²) in [7, 11) is 0. The van der Waals surface area contributed by atoms with Crippen molar-refractivity contribution in [2.24, 2.45) is 0 Å². The fourth-order valence-corrected chi connectivity index (χ4v) is 1.30. The molecule has 1 aromatic heterocycles. The van der Waals surface area contributed by atoms with Crippen LogP contribution in [0.15, 0.2) is 30.6 Å². The Balaban J connectivity index is 2.26. The maximum Gasteiger partial charge on any atom is 0.322 e. The van der Waals surface area contributed by atoms with E-state index >= 15 is 0 Å². The first kappa shape index (κ1) is 11.0. The summed E-state index contributed by atoms with van der Waals surface area (Å²) in [6.07, 6.45) is 2.87. The van der Waals surface area contributed by atoms with Crippen LogP contribution >= 0.6 is 23.2 Å². The van der Waals surface area contributed by atoms with Gasteiger partial charge >= 0.3 is 6.01 Å². The lowest BCUT2D eigenvalue weighted by atomic mass is 10.3. The minimum absolute atomic E-state index is 0.164. The number of nitrogen functional groups attached to an aromatic ring is 1. The molecule has 0 aliphatic rings. The molecule has 0 radical (unpaired) electrons. The second-order valence-electron chi connectivity index (χ2n) is 2.98. The highest BCUT2D eigenvalue weighted by Gasteiger charge is 2.05. The molecule has 16 heavy (non-hydrogen) atoms. The lowest BCUT2D eigenvalue weighted by Gasteiger charge is -2.05. The first-order valence-corrected chi connectivity index (χ1v) is 5.11. The molecule has 1 heterocycles. The van der Waals surface area contributed by atoms with Gasteiger partial charge in [-0.2, -0.15) is 0 Å². The van der Waals surface area contributed by atoms with Gasteiger partial charge < -0.3 is 10.5 Å². The van der Waals surface area contributed by atoms with E-state index in [1.807, 2.05) is 0 Å². The number of hydrogen-bond donors (Lipinski definition) is 1. The molecule has 2 N–H and O–H groups in total. The molecule has 2 rings (SSSR count). The SMILES string of the molecule is Nc1ccc(Cl)c(Oc2ncc(Cl)cn2)c1. The van der Waals surface area contributed by atoms with E-state index in [1.54, 1.807) is 18.2 Å². The Morgan fingerprint density at radius 1 is 1.12 bits per heavy atom. The number of aromatic nitrogens is 2. The van der Waals surface area contributed by atoms with Gasteiger partial charge in [0.15, 0.2) is 5.75 Å². The number of rotatable bonds is 2. The summed E-state index contributed by atoms with van der Waals surface area (Å²) in [6, 6.07) is 5.08. The first-order valence-electron chi connectivity index (χ1n) is 4.35. The van der Waals surface area contributed by atoms with Gasteiger partial charge in [-0.25, -0.2) is 9.97 Å². The molecule has 0 atom stereocenters. The molecular weight excluding hydrogens is 249 g/mol. The summed E-state index contributed by atoms with van der Waals surface area (Å²) in [6.45, 7) is 0. The second-order valence-corrected chi connectivity index (χ2v) is 3.82. The van der Waals surface area contributed by atoms with Crippen LogP contribution in [-0.4, -0.2) is 9.97 Å². The van der Waals surface area contributed by atoms with Crippen LogP contribution in [0.2, 0.25) is 10.0 Å². The van der Waals surface area contributed by atoms with Gasteiger partial charge in [-0.1, -0.05) is 23.2 Å². The van der Waals surface area contributed by atoms with Crippen molar-refractivity contribution in [2.45, 2.75) is 0 Å². The van der Waals surface area contributed by atoms with Gasteiger partial charge in [0.1, 0.15) is 0 Å². The largest absolute Gasteiger partial charge is 0.423 e. The number of nitrogens with two attached hydrogens (primary N) is 1. The molecule has 2 aromatic rings. The minimum atomic E-state index is 0.164. The predicted molar refractivity (Wildman–Crippen MR) is 63.0 cm³/mol. The average Bonchev–Trinajstić information content (AvgIpc) is 2.27. The Bertz CT molecular complexity index is 502. The van der Waals surface area contributed by atoms with Crippen LogP contribution in [0.25, 0.3) is 0 Å². The molecule has 0 amide bonds. The Morgan fingerprint density at radius 2 is 1.81 bits per heavy atom. The number of nitrogens with zero attached hydrogens (tertiary/aromatic N) is 2. The van der Waals surface area contributed by atoms with E-state index in [4.69, 9.17) is 33.7 Å². The zero-order valence-electron chi connectivity index (χ0n) is 8.02. The van der Waals surface area contributed by atoms with E-state index in [0.717, 1.165) is 0 Å². The monoisotopic (exact) mass is 255 g/mol. The zero-order valence-corrected chi connectivity index (χ0v) is 9.53. The van der Waals surface area contributed by atoms with Gasteiger partial charge in [-0.3, -0.25) is 0 Å². The third-order valence-electron chi connectivity index (χ3n) is 1.75. The summed E-state index contributed by atoms with van der Waals surface area (Å²) >= 11 is 11.6. The molecule has 0 spiro atoms. The van der Waals surface area contributed by atoms with Crippen molar-refractivity contribution in [1.29, 1.82) is 0 Å². The lowest BCUT2D eigenvalue weighted by Crippen LogP contribution is -1.93. The maximum absolute atomic E-state index is 5.92. The fourth-order valence-electron chi connectivity index (χ4n) is 1.05. The van der Waals surface area contributed by atoms with Gasteiger partial charge in [-0.05, 0) is 12.1 Å². The second kappa shape index (κ2) is 4.55. The molecule has 0 aliphatic heterocycles. The van der Waals surface area contributed by atoms with E-state index in [9.17, 15) is 0 Å². The van der Waals surface area contributed by atoms with Gasteiger partial charge in [-0.15, -0.1) is 0 Å². The number of anilines is 1. The molecule has 0 bridgehead atoms. The van der Waals surface area contributed by atoms with Gasteiger partial charge in [0.05, 0.1) is 22.4 Å². The van der Waals surface area contributed by atoms with Crippen LogP contribution < -0.4 is 10.5 Å². The number of hydrogen-bond acceptors (Lipinski definition) is 4. The summed E-state index contributed by atoms with van der Waals surface area (Å²) < 4.78 is 5.35. The Morgan fingerprint density at radius 3 is 2.50 bits per heavy atom. The predicted octanol–water partition coefficient (Wildman–Crippen LogP) is 3.16. The van der Waals surface area contributed by atoms with Crippen LogP contribution in [0.5, 0.6) is 11.8 Å². The molecule has 0 saturated heterocycles. The standard InChI is InChI=1S/C10H7Cl2N3O/c11-6-4-14-10(15-5-6)16-9-3-7(13)1-2-8(9)12/h1-5H,13H2. The highest BCUT2D eigenvalue weighted by atomic mass is 35.5. The van der Waals surface area contributed by atoms with E-state index in [2.05, 4.69) is 9.97 Å². The topological polar surface area (TPSA) is 61.0 Å². The van der Waals surface area contributed by atoms with E-state index < -0.39 is 0 Å². The van der Waals surface area contributed by atoms with Gasteiger partial charge in [0.2, 0.25) is 0 Å². The molecule has 0 saturated carbocycles. The number of halogens is 2. The van der Waals surface area contributed by atoms with Crippen LogP contribution in [0.3, 0.4) is 0 Å².